The van der Waals surface area contributed by atoms with Crippen molar-refractivity contribution >= 4 is 11.6 Å². The molecule has 0 saturated carbocycles. The van der Waals surface area contributed by atoms with Crippen LogP contribution in [0.5, 0.6) is 0 Å². The Labute approximate surface area is 128 Å². The Bertz CT molecular complexity index is 496. The van der Waals surface area contributed by atoms with Gasteiger partial charge in [0.25, 0.3) is 0 Å². The number of hydrogen-bond acceptors (Lipinski definition) is 2. The van der Waals surface area contributed by atoms with Gasteiger partial charge in [-0.1, -0.05) is 32.0 Å². The summed E-state index contributed by atoms with van der Waals surface area (Å²) in [6.45, 7) is 7.91. The fraction of sp³-hybridized carbons (Fsp3) is 0.611. The normalized spacial score (nSPS) is 16.0. The summed E-state index contributed by atoms with van der Waals surface area (Å²) in [5.74, 6) is 1.12. The number of fused-ring (bicyclic) bond motifs is 1. The number of nitrogens with zero attached hydrogens (tertiary/aromatic N) is 1. The average molecular weight is 288 g/mol. The summed E-state index contributed by atoms with van der Waals surface area (Å²) in [7, 11) is 0. The molecule has 2 rings (SSSR count). The van der Waals surface area contributed by atoms with Crippen molar-refractivity contribution in [2.24, 2.45) is 17.6 Å². The van der Waals surface area contributed by atoms with Crippen molar-refractivity contribution in [3.63, 3.8) is 0 Å². The first kappa shape index (κ1) is 16.0. The van der Waals surface area contributed by atoms with Crippen LogP contribution < -0.4 is 10.6 Å². The van der Waals surface area contributed by atoms with E-state index in [0.717, 1.165) is 31.5 Å². The highest BCUT2D eigenvalue weighted by Crippen LogP contribution is 2.31. The van der Waals surface area contributed by atoms with E-state index in [9.17, 15) is 4.79 Å². The molecule has 0 aliphatic carbocycles. The summed E-state index contributed by atoms with van der Waals surface area (Å²) in [4.78, 5) is 14.7. The highest BCUT2D eigenvalue weighted by atomic mass is 16.2. The maximum absolute atomic E-state index is 12.7. The van der Waals surface area contributed by atoms with E-state index in [1.807, 2.05) is 4.90 Å². The molecule has 0 fully saturated rings. The molecule has 0 aromatic heterocycles. The summed E-state index contributed by atoms with van der Waals surface area (Å²) in [6.07, 6.45) is 3.73. The molecule has 0 spiro atoms. The summed E-state index contributed by atoms with van der Waals surface area (Å²) in [6, 6.07) is 6.33. The second-order valence-electron chi connectivity index (χ2n) is 6.67. The van der Waals surface area contributed by atoms with Crippen molar-refractivity contribution in [2.75, 3.05) is 18.0 Å². The zero-order chi connectivity index (χ0) is 15.4. The van der Waals surface area contributed by atoms with Crippen molar-refractivity contribution in [1.29, 1.82) is 0 Å². The molecule has 1 aromatic rings. The zero-order valence-electron chi connectivity index (χ0n) is 13.6. The summed E-state index contributed by atoms with van der Waals surface area (Å²) >= 11 is 0. The number of para-hydroxylation sites is 1. The lowest BCUT2D eigenvalue weighted by Crippen LogP contribution is -2.38. The third kappa shape index (κ3) is 3.85. The summed E-state index contributed by atoms with van der Waals surface area (Å²) in [5, 5.41) is 0. The van der Waals surface area contributed by atoms with Gasteiger partial charge in [-0.2, -0.15) is 0 Å². The number of anilines is 1. The monoisotopic (exact) mass is 288 g/mol. The van der Waals surface area contributed by atoms with E-state index in [1.54, 1.807) is 0 Å². The summed E-state index contributed by atoms with van der Waals surface area (Å²) in [5.41, 5.74) is 9.51. The van der Waals surface area contributed by atoms with Crippen LogP contribution in [0.2, 0.25) is 0 Å². The predicted molar refractivity (Wildman–Crippen MR) is 88.5 cm³/mol. The smallest absolute Gasteiger partial charge is 0.227 e. The molecule has 21 heavy (non-hydrogen) atoms. The van der Waals surface area contributed by atoms with Crippen LogP contribution in [0.1, 0.15) is 44.2 Å². The lowest BCUT2D eigenvalue weighted by molar-refractivity contribution is -0.119. The minimum absolute atomic E-state index is 0.237. The minimum Gasteiger partial charge on any atom is -0.330 e. The highest BCUT2D eigenvalue weighted by molar-refractivity contribution is 5.95. The largest absolute Gasteiger partial charge is 0.330 e. The van der Waals surface area contributed by atoms with Crippen molar-refractivity contribution in [2.45, 2.75) is 46.5 Å². The highest BCUT2D eigenvalue weighted by Gasteiger charge is 2.25. The quantitative estimate of drug-likeness (QED) is 0.903. The molecule has 1 aliphatic heterocycles. The first-order valence-electron chi connectivity index (χ1n) is 8.11. The van der Waals surface area contributed by atoms with Crippen LogP contribution in [0.4, 0.5) is 5.69 Å². The lowest BCUT2D eigenvalue weighted by Gasteiger charge is -2.32. The molecule has 1 heterocycles. The van der Waals surface area contributed by atoms with Gasteiger partial charge >= 0.3 is 0 Å². The van der Waals surface area contributed by atoms with E-state index in [-0.39, 0.29) is 5.91 Å². The second kappa shape index (κ2) is 7.08. The van der Waals surface area contributed by atoms with Gasteiger partial charge < -0.3 is 10.6 Å². The van der Waals surface area contributed by atoms with Crippen LogP contribution in [0.15, 0.2) is 18.2 Å². The molecule has 1 atom stereocenters. The Morgan fingerprint density at radius 3 is 2.81 bits per heavy atom. The van der Waals surface area contributed by atoms with Crippen molar-refractivity contribution in [1.82, 2.24) is 0 Å². The van der Waals surface area contributed by atoms with Crippen molar-refractivity contribution < 1.29 is 4.79 Å². The van der Waals surface area contributed by atoms with E-state index in [0.29, 0.717) is 24.8 Å². The third-order valence-electron chi connectivity index (χ3n) is 4.32. The van der Waals surface area contributed by atoms with E-state index >= 15 is 0 Å². The minimum atomic E-state index is 0.237. The number of hydrogen-bond donors (Lipinski definition) is 1. The van der Waals surface area contributed by atoms with Crippen LogP contribution in [0, 0.1) is 18.8 Å². The first-order chi connectivity index (χ1) is 10.0. The van der Waals surface area contributed by atoms with Gasteiger partial charge in [-0.05, 0) is 55.7 Å². The molecule has 0 saturated heterocycles. The van der Waals surface area contributed by atoms with Crippen LogP contribution >= 0.6 is 0 Å². The zero-order valence-corrected chi connectivity index (χ0v) is 13.6. The van der Waals surface area contributed by atoms with Crippen LogP contribution in [0.25, 0.3) is 0 Å². The average Bonchev–Trinajstić information content (AvgIpc) is 2.45. The van der Waals surface area contributed by atoms with Crippen molar-refractivity contribution in [3.8, 4) is 0 Å². The maximum Gasteiger partial charge on any atom is 0.227 e. The van der Waals surface area contributed by atoms with Gasteiger partial charge in [-0.3, -0.25) is 4.79 Å². The molecule has 1 aromatic carbocycles. The van der Waals surface area contributed by atoms with Gasteiger partial charge in [-0.15, -0.1) is 0 Å². The van der Waals surface area contributed by atoms with E-state index in [4.69, 9.17) is 5.73 Å². The summed E-state index contributed by atoms with van der Waals surface area (Å²) < 4.78 is 0. The molecular formula is C18H28N2O. The molecular weight excluding hydrogens is 260 g/mol. The molecule has 1 amide bonds. The van der Waals surface area contributed by atoms with Crippen LogP contribution in [-0.4, -0.2) is 19.0 Å². The molecule has 0 bridgehead atoms. The molecule has 0 radical (unpaired) electrons. The van der Waals surface area contributed by atoms with Gasteiger partial charge in [0.05, 0.1) is 0 Å². The number of rotatable bonds is 5. The SMILES string of the molecule is Cc1cccc2c1N(C(=O)C[C@@H](CN)CC(C)C)CCC2. The van der Waals surface area contributed by atoms with Gasteiger partial charge in [0.15, 0.2) is 0 Å². The number of carbonyl (C=O) groups excluding carboxylic acids is 1. The van der Waals surface area contributed by atoms with Gasteiger partial charge in [-0.25, -0.2) is 0 Å². The maximum atomic E-state index is 12.7. The van der Waals surface area contributed by atoms with E-state index in [2.05, 4.69) is 39.0 Å². The third-order valence-corrected chi connectivity index (χ3v) is 4.32. The van der Waals surface area contributed by atoms with E-state index in [1.165, 1.54) is 11.1 Å². The van der Waals surface area contributed by atoms with Gasteiger partial charge in [0.1, 0.15) is 0 Å². The number of nitrogens with two attached hydrogens (primary N) is 1. The Morgan fingerprint density at radius 2 is 2.14 bits per heavy atom. The molecule has 116 valence electrons. The molecule has 1 aliphatic rings. The van der Waals surface area contributed by atoms with Crippen LogP contribution in [-0.2, 0) is 11.2 Å². The molecule has 3 nitrogen and oxygen atoms in total. The fourth-order valence-electron chi connectivity index (χ4n) is 3.38. The fourth-order valence-corrected chi connectivity index (χ4v) is 3.38. The first-order valence-corrected chi connectivity index (χ1v) is 8.11. The van der Waals surface area contributed by atoms with E-state index < -0.39 is 0 Å². The lowest BCUT2D eigenvalue weighted by atomic mass is 9.92. The predicted octanol–water partition coefficient (Wildman–Crippen LogP) is 3.29. The molecule has 0 unspecified atom stereocenters. The van der Waals surface area contributed by atoms with Crippen LogP contribution in [0.3, 0.4) is 0 Å². The molecule has 2 N–H and O–H groups in total. The Balaban J connectivity index is 2.14. The number of aryl methyl sites for hydroxylation is 2. The number of benzene rings is 1. The Morgan fingerprint density at radius 1 is 1.38 bits per heavy atom. The van der Waals surface area contributed by atoms with Crippen molar-refractivity contribution in [3.05, 3.63) is 29.3 Å². The Kier molecular flexibility index (Phi) is 5.40. The number of carbonyl (C=O) groups is 1. The molecule has 3 heteroatoms. The standard InChI is InChI=1S/C18H28N2O/c1-13(2)10-15(12-19)11-17(21)20-9-5-8-16-7-4-6-14(3)18(16)20/h4,6-7,13,15H,5,8-12,19H2,1-3H3/t15-/m0/s1. The number of amides is 1. The van der Waals surface area contributed by atoms with Gasteiger partial charge in [0, 0.05) is 18.7 Å². The second-order valence-corrected chi connectivity index (χ2v) is 6.67. The Hall–Kier alpha value is -1.35. The topological polar surface area (TPSA) is 46.3 Å². The van der Waals surface area contributed by atoms with Gasteiger partial charge in [0.2, 0.25) is 5.91 Å².